The molecule has 3 aromatic rings. The molecule has 2 fully saturated rings. The highest BCUT2D eigenvalue weighted by Gasteiger charge is 2.64. The fourth-order valence-corrected chi connectivity index (χ4v) is 6.78. The molecule has 186 valence electrons. The van der Waals surface area contributed by atoms with E-state index in [0.717, 1.165) is 16.0 Å². The molecule has 4 atom stereocenters. The molecule has 0 bridgehead atoms. The van der Waals surface area contributed by atoms with Crippen LogP contribution in [0.3, 0.4) is 0 Å². The second-order valence-electron chi connectivity index (χ2n) is 9.15. The van der Waals surface area contributed by atoms with E-state index >= 15 is 0 Å². The molecule has 0 saturated carbocycles. The predicted octanol–water partition coefficient (Wildman–Crippen LogP) is 6.16. The first-order valence-corrected chi connectivity index (χ1v) is 13.1. The summed E-state index contributed by atoms with van der Waals surface area (Å²) in [6.07, 6.45) is 3.74. The zero-order chi connectivity index (χ0) is 26.0. The summed E-state index contributed by atoms with van der Waals surface area (Å²) in [6, 6.07) is 16.1. The van der Waals surface area contributed by atoms with Gasteiger partial charge in [-0.25, -0.2) is 4.90 Å². The average molecular weight is 598 g/mol. The molecule has 2 amide bonds. The molecule has 3 aliphatic heterocycles. The molecule has 3 heterocycles. The highest BCUT2D eigenvalue weighted by molar-refractivity contribution is 9.10. The van der Waals surface area contributed by atoms with Gasteiger partial charge in [-0.05, 0) is 69.5 Å². The SMILES string of the molecule is COc1ccc(C(=O)[C@H]2[C@H]3C(=O)N(c4ccc(Cl)cc4Cl)C(=O)[C@@H]3[C@H]3c4ccccc4C=CN32)cc1Br. The number of benzene rings is 3. The zero-order valence-electron chi connectivity index (χ0n) is 19.4. The number of rotatable bonds is 4. The number of ether oxygens (including phenoxy) is 1. The van der Waals surface area contributed by atoms with Crippen LogP contribution in [-0.2, 0) is 9.59 Å². The molecule has 6 rings (SSSR count). The minimum Gasteiger partial charge on any atom is -0.496 e. The van der Waals surface area contributed by atoms with Gasteiger partial charge in [0, 0.05) is 16.8 Å². The average Bonchev–Trinajstić information content (AvgIpc) is 3.36. The number of methoxy groups -OCH3 is 1. The van der Waals surface area contributed by atoms with Crippen molar-refractivity contribution in [2.75, 3.05) is 12.0 Å². The lowest BCUT2D eigenvalue weighted by atomic mass is 9.83. The lowest BCUT2D eigenvalue weighted by Gasteiger charge is -2.35. The Morgan fingerprint density at radius 3 is 2.46 bits per heavy atom. The van der Waals surface area contributed by atoms with Crippen molar-refractivity contribution in [3.63, 3.8) is 0 Å². The Hall–Kier alpha value is -3.13. The Bertz CT molecular complexity index is 1520. The number of halogens is 3. The third-order valence-electron chi connectivity index (χ3n) is 7.32. The highest BCUT2D eigenvalue weighted by Crippen LogP contribution is 2.54. The van der Waals surface area contributed by atoms with E-state index < -0.39 is 29.8 Å². The maximum Gasteiger partial charge on any atom is 0.240 e. The maximum absolute atomic E-state index is 14.1. The minimum atomic E-state index is -0.895. The molecule has 0 N–H and O–H groups in total. The van der Waals surface area contributed by atoms with E-state index in [1.807, 2.05) is 41.4 Å². The van der Waals surface area contributed by atoms with Gasteiger partial charge < -0.3 is 9.64 Å². The molecule has 0 unspecified atom stereocenters. The first-order chi connectivity index (χ1) is 17.8. The van der Waals surface area contributed by atoms with Gasteiger partial charge in [-0.15, -0.1) is 0 Å². The van der Waals surface area contributed by atoms with E-state index in [-0.39, 0.29) is 22.4 Å². The Balaban J connectivity index is 1.49. The predicted molar refractivity (Wildman–Crippen MR) is 145 cm³/mol. The molecule has 6 nitrogen and oxygen atoms in total. The number of fused-ring (bicyclic) bond motifs is 5. The van der Waals surface area contributed by atoms with Crippen LogP contribution in [0.15, 0.2) is 71.3 Å². The van der Waals surface area contributed by atoms with E-state index in [1.165, 1.54) is 6.07 Å². The number of amides is 2. The van der Waals surface area contributed by atoms with Gasteiger partial charge in [0.1, 0.15) is 11.8 Å². The van der Waals surface area contributed by atoms with Crippen LogP contribution in [0.5, 0.6) is 5.75 Å². The Morgan fingerprint density at radius 1 is 0.973 bits per heavy atom. The van der Waals surface area contributed by atoms with Crippen LogP contribution >= 0.6 is 39.1 Å². The highest BCUT2D eigenvalue weighted by atomic mass is 79.9. The number of hydrogen-bond acceptors (Lipinski definition) is 5. The number of hydrogen-bond donors (Lipinski definition) is 0. The zero-order valence-corrected chi connectivity index (χ0v) is 22.5. The van der Waals surface area contributed by atoms with E-state index in [0.29, 0.717) is 20.8 Å². The quantitative estimate of drug-likeness (QED) is 0.266. The van der Waals surface area contributed by atoms with Gasteiger partial charge in [-0.1, -0.05) is 47.5 Å². The first kappa shape index (κ1) is 24.2. The number of ketones is 1. The third-order valence-corrected chi connectivity index (χ3v) is 8.47. The number of imide groups is 1. The molecule has 0 spiro atoms. The first-order valence-electron chi connectivity index (χ1n) is 11.6. The molecular formula is C28H19BrCl2N2O4. The standard InChI is InChI=1S/C28H19BrCl2N2O4/c1-37-21-9-6-15(12-18(21)29)26(34)25-23-22(24-17-5-3-2-4-14(17)10-11-32(24)25)27(35)33(28(23)36)20-8-7-16(30)13-19(20)31/h2-13,22-25H,1H3/t22-,23-,24+,25+/m0/s1. The van der Waals surface area contributed by atoms with Gasteiger partial charge in [0.15, 0.2) is 5.78 Å². The van der Waals surface area contributed by atoms with Crippen molar-refractivity contribution in [3.05, 3.63) is 98.1 Å². The van der Waals surface area contributed by atoms with E-state index in [1.54, 1.807) is 37.4 Å². The molecule has 2 saturated heterocycles. The molecule has 37 heavy (non-hydrogen) atoms. The minimum absolute atomic E-state index is 0.192. The van der Waals surface area contributed by atoms with Crippen molar-refractivity contribution >= 4 is 68.5 Å². The van der Waals surface area contributed by atoms with E-state index in [2.05, 4.69) is 15.9 Å². The fraction of sp³-hybridized carbons (Fsp3) is 0.179. The van der Waals surface area contributed by atoms with Crippen LogP contribution in [0.4, 0.5) is 5.69 Å². The number of nitrogens with zero attached hydrogens (tertiary/aromatic N) is 2. The smallest absolute Gasteiger partial charge is 0.240 e. The van der Waals surface area contributed by atoms with Gasteiger partial charge in [0.05, 0.1) is 40.2 Å². The van der Waals surface area contributed by atoms with E-state index in [9.17, 15) is 14.4 Å². The van der Waals surface area contributed by atoms with Crippen LogP contribution in [0.2, 0.25) is 10.0 Å². The Kier molecular flexibility index (Phi) is 5.90. The van der Waals surface area contributed by atoms with Crippen LogP contribution in [0, 0.1) is 11.8 Å². The maximum atomic E-state index is 14.1. The third kappa shape index (κ3) is 3.63. The summed E-state index contributed by atoms with van der Waals surface area (Å²) in [5, 5.41) is 0.584. The topological polar surface area (TPSA) is 66.9 Å². The van der Waals surface area contributed by atoms with Crippen molar-refractivity contribution in [3.8, 4) is 5.75 Å². The summed E-state index contributed by atoms with van der Waals surface area (Å²) in [6.45, 7) is 0. The summed E-state index contributed by atoms with van der Waals surface area (Å²) in [7, 11) is 1.54. The lowest BCUT2D eigenvalue weighted by molar-refractivity contribution is -0.123. The van der Waals surface area contributed by atoms with Gasteiger partial charge in [-0.3, -0.25) is 14.4 Å². The second-order valence-corrected chi connectivity index (χ2v) is 10.9. The van der Waals surface area contributed by atoms with Gasteiger partial charge >= 0.3 is 0 Å². The van der Waals surface area contributed by atoms with Crippen molar-refractivity contribution in [2.45, 2.75) is 12.1 Å². The number of carbonyl (C=O) groups is 3. The van der Waals surface area contributed by atoms with Crippen LogP contribution in [0.25, 0.3) is 6.08 Å². The molecule has 3 aliphatic rings. The molecule has 0 aromatic heterocycles. The molecule has 9 heteroatoms. The van der Waals surface area contributed by atoms with Crippen LogP contribution in [0.1, 0.15) is 27.5 Å². The van der Waals surface area contributed by atoms with Crippen LogP contribution in [-0.4, -0.2) is 35.6 Å². The summed E-state index contributed by atoms with van der Waals surface area (Å²) < 4.78 is 5.93. The van der Waals surface area contributed by atoms with Crippen molar-refractivity contribution < 1.29 is 19.1 Å². The second kappa shape index (κ2) is 9.01. The van der Waals surface area contributed by atoms with Crippen molar-refractivity contribution in [2.24, 2.45) is 11.8 Å². The van der Waals surface area contributed by atoms with Gasteiger partial charge in [-0.2, -0.15) is 0 Å². The lowest BCUT2D eigenvalue weighted by Crippen LogP contribution is -2.44. The monoisotopic (exact) mass is 596 g/mol. The number of Topliss-reactive ketones (excluding diaryl/α,β-unsaturated/α-hetero) is 1. The molecular weight excluding hydrogens is 579 g/mol. The summed E-state index contributed by atoms with van der Waals surface area (Å²) in [5.74, 6) is -2.17. The van der Waals surface area contributed by atoms with E-state index in [4.69, 9.17) is 27.9 Å². The normalized spacial score (nSPS) is 23.7. The largest absolute Gasteiger partial charge is 0.496 e. The van der Waals surface area contributed by atoms with Crippen molar-refractivity contribution in [1.82, 2.24) is 4.90 Å². The van der Waals surface area contributed by atoms with Crippen LogP contribution < -0.4 is 9.64 Å². The number of anilines is 1. The number of carbonyl (C=O) groups excluding carboxylic acids is 3. The summed E-state index contributed by atoms with van der Waals surface area (Å²) in [4.78, 5) is 45.0. The van der Waals surface area contributed by atoms with Gasteiger partial charge in [0.2, 0.25) is 11.8 Å². The van der Waals surface area contributed by atoms with Crippen molar-refractivity contribution in [1.29, 1.82) is 0 Å². The summed E-state index contributed by atoms with van der Waals surface area (Å²) >= 11 is 15.9. The Labute approximate surface area is 231 Å². The van der Waals surface area contributed by atoms with Gasteiger partial charge in [0.25, 0.3) is 0 Å². The Morgan fingerprint density at radius 2 is 1.73 bits per heavy atom. The molecule has 3 aromatic carbocycles. The molecule has 0 aliphatic carbocycles. The molecule has 0 radical (unpaired) electrons. The summed E-state index contributed by atoms with van der Waals surface area (Å²) in [5.41, 5.74) is 2.52. The fourth-order valence-electron chi connectivity index (χ4n) is 5.75.